The van der Waals surface area contributed by atoms with E-state index in [2.05, 4.69) is 16.0 Å². The molecule has 0 amide bonds. The number of fused-ring (bicyclic) bond motifs is 1. The van der Waals surface area contributed by atoms with Crippen molar-refractivity contribution in [2.75, 3.05) is 0 Å². The van der Waals surface area contributed by atoms with E-state index in [4.69, 9.17) is 5.73 Å². The second-order valence-electron chi connectivity index (χ2n) is 4.77. The summed E-state index contributed by atoms with van der Waals surface area (Å²) < 4.78 is 0. The molecule has 82 valence electrons. The highest BCUT2D eigenvalue weighted by Crippen LogP contribution is 2.36. The Balaban J connectivity index is 1.81. The maximum atomic E-state index is 6.07. The lowest BCUT2D eigenvalue weighted by molar-refractivity contribution is 0.609. The summed E-state index contributed by atoms with van der Waals surface area (Å²) in [4.78, 5) is 8.53. The van der Waals surface area contributed by atoms with E-state index in [0.717, 1.165) is 23.7 Å². The van der Waals surface area contributed by atoms with Gasteiger partial charge < -0.3 is 5.73 Å². The first kappa shape index (κ1) is 9.73. The molecule has 0 bridgehead atoms. The Morgan fingerprint density at radius 2 is 2.19 bits per heavy atom. The third-order valence-corrected chi connectivity index (χ3v) is 3.34. The van der Waals surface area contributed by atoms with Crippen LogP contribution in [0.5, 0.6) is 0 Å². The van der Waals surface area contributed by atoms with Gasteiger partial charge in [-0.25, -0.2) is 0 Å². The monoisotopic (exact) mass is 213 g/mol. The van der Waals surface area contributed by atoms with Gasteiger partial charge in [-0.15, -0.1) is 0 Å². The number of nitrogens with two attached hydrogens (primary N) is 1. The van der Waals surface area contributed by atoms with E-state index < -0.39 is 0 Å². The van der Waals surface area contributed by atoms with Crippen LogP contribution >= 0.6 is 0 Å². The van der Waals surface area contributed by atoms with Crippen molar-refractivity contribution in [1.82, 2.24) is 9.97 Å². The standard InChI is InChI=1S/C13H15N3/c14-13(4-5-13)3-1-10-7-11-9-15-6-2-12(11)16-8-10/h2,6-9H,1,3-5,14H2. The molecule has 0 atom stereocenters. The number of rotatable bonds is 3. The van der Waals surface area contributed by atoms with Gasteiger partial charge in [0.1, 0.15) is 0 Å². The molecule has 0 aromatic carbocycles. The van der Waals surface area contributed by atoms with Crippen molar-refractivity contribution >= 4 is 10.9 Å². The van der Waals surface area contributed by atoms with Gasteiger partial charge in [0, 0.05) is 29.5 Å². The third kappa shape index (κ3) is 1.91. The van der Waals surface area contributed by atoms with Crippen molar-refractivity contribution in [3.8, 4) is 0 Å². The maximum absolute atomic E-state index is 6.07. The number of hydrogen-bond donors (Lipinski definition) is 1. The van der Waals surface area contributed by atoms with Gasteiger partial charge in [0.25, 0.3) is 0 Å². The zero-order valence-corrected chi connectivity index (χ0v) is 9.19. The van der Waals surface area contributed by atoms with Crippen molar-refractivity contribution in [2.24, 2.45) is 5.73 Å². The van der Waals surface area contributed by atoms with E-state index in [9.17, 15) is 0 Å². The summed E-state index contributed by atoms with van der Waals surface area (Å²) in [6.45, 7) is 0. The van der Waals surface area contributed by atoms with Gasteiger partial charge in [-0.3, -0.25) is 9.97 Å². The van der Waals surface area contributed by atoms with Crippen molar-refractivity contribution in [2.45, 2.75) is 31.2 Å². The normalized spacial score (nSPS) is 17.6. The number of hydrogen-bond acceptors (Lipinski definition) is 3. The summed E-state index contributed by atoms with van der Waals surface area (Å²) in [5.74, 6) is 0. The van der Waals surface area contributed by atoms with E-state index in [1.165, 1.54) is 18.4 Å². The van der Waals surface area contributed by atoms with Crippen LogP contribution in [0, 0.1) is 0 Å². The van der Waals surface area contributed by atoms with Crippen LogP contribution < -0.4 is 5.73 Å². The van der Waals surface area contributed by atoms with E-state index in [1.54, 1.807) is 6.20 Å². The molecule has 3 rings (SSSR count). The van der Waals surface area contributed by atoms with Gasteiger partial charge in [-0.2, -0.15) is 0 Å². The lowest BCUT2D eigenvalue weighted by atomic mass is 10.0. The highest BCUT2D eigenvalue weighted by molar-refractivity contribution is 5.77. The molecule has 0 aliphatic heterocycles. The molecule has 2 N–H and O–H groups in total. The minimum Gasteiger partial charge on any atom is -0.325 e. The summed E-state index contributed by atoms with van der Waals surface area (Å²) in [7, 11) is 0. The fourth-order valence-electron chi connectivity index (χ4n) is 1.96. The Morgan fingerprint density at radius 1 is 1.31 bits per heavy atom. The van der Waals surface area contributed by atoms with Gasteiger partial charge in [0.15, 0.2) is 0 Å². The number of nitrogens with zero attached hydrogens (tertiary/aromatic N) is 2. The van der Waals surface area contributed by atoms with Crippen molar-refractivity contribution in [1.29, 1.82) is 0 Å². The summed E-state index contributed by atoms with van der Waals surface area (Å²) in [5.41, 5.74) is 8.47. The largest absolute Gasteiger partial charge is 0.325 e. The van der Waals surface area contributed by atoms with Gasteiger partial charge in [-0.1, -0.05) is 0 Å². The van der Waals surface area contributed by atoms with Crippen LogP contribution in [0.15, 0.2) is 30.7 Å². The average molecular weight is 213 g/mol. The summed E-state index contributed by atoms with van der Waals surface area (Å²) >= 11 is 0. The Morgan fingerprint density at radius 3 is 3.00 bits per heavy atom. The Hall–Kier alpha value is -1.48. The fourth-order valence-corrected chi connectivity index (χ4v) is 1.96. The van der Waals surface area contributed by atoms with E-state index in [1.807, 2.05) is 18.5 Å². The molecule has 2 heterocycles. The molecule has 1 aliphatic rings. The van der Waals surface area contributed by atoms with Crippen molar-refractivity contribution < 1.29 is 0 Å². The van der Waals surface area contributed by atoms with Crippen LogP contribution in [0.3, 0.4) is 0 Å². The second-order valence-corrected chi connectivity index (χ2v) is 4.77. The van der Waals surface area contributed by atoms with Crippen LogP contribution in [-0.4, -0.2) is 15.5 Å². The molecule has 16 heavy (non-hydrogen) atoms. The van der Waals surface area contributed by atoms with Gasteiger partial charge in [0.2, 0.25) is 0 Å². The smallest absolute Gasteiger partial charge is 0.0732 e. The SMILES string of the molecule is NC1(CCc2cnc3ccncc3c2)CC1. The fraction of sp³-hybridized carbons (Fsp3) is 0.385. The number of aromatic nitrogens is 2. The molecule has 0 unspecified atom stereocenters. The first-order valence-corrected chi connectivity index (χ1v) is 5.73. The lowest BCUT2D eigenvalue weighted by Crippen LogP contribution is -2.22. The molecule has 2 aromatic rings. The highest BCUT2D eigenvalue weighted by Gasteiger charge is 2.37. The minimum atomic E-state index is 0.129. The van der Waals surface area contributed by atoms with E-state index in [0.29, 0.717) is 0 Å². The Labute approximate surface area is 94.7 Å². The Bertz CT molecular complexity index is 517. The summed E-state index contributed by atoms with van der Waals surface area (Å²) in [6, 6.07) is 4.10. The van der Waals surface area contributed by atoms with Crippen LogP contribution in [0.1, 0.15) is 24.8 Å². The van der Waals surface area contributed by atoms with Crippen molar-refractivity contribution in [3.63, 3.8) is 0 Å². The van der Waals surface area contributed by atoms with Crippen LogP contribution in [-0.2, 0) is 6.42 Å². The van der Waals surface area contributed by atoms with Crippen LogP contribution in [0.4, 0.5) is 0 Å². The van der Waals surface area contributed by atoms with Crippen LogP contribution in [0.2, 0.25) is 0 Å². The molecular formula is C13H15N3. The molecule has 3 heteroatoms. The first-order valence-electron chi connectivity index (χ1n) is 5.73. The molecule has 2 aromatic heterocycles. The van der Waals surface area contributed by atoms with E-state index in [-0.39, 0.29) is 5.54 Å². The van der Waals surface area contributed by atoms with Gasteiger partial charge in [-0.05, 0) is 43.4 Å². The third-order valence-electron chi connectivity index (χ3n) is 3.34. The predicted octanol–water partition coefficient (Wildman–Crippen LogP) is 2.05. The zero-order chi connectivity index (χ0) is 11.0. The quantitative estimate of drug-likeness (QED) is 0.849. The summed E-state index contributed by atoms with van der Waals surface area (Å²) in [5, 5.41) is 1.11. The molecule has 3 nitrogen and oxygen atoms in total. The Kier molecular flexibility index (Phi) is 2.14. The molecular weight excluding hydrogens is 198 g/mol. The molecule has 0 spiro atoms. The zero-order valence-electron chi connectivity index (χ0n) is 9.19. The molecule has 1 saturated carbocycles. The first-order chi connectivity index (χ1) is 7.75. The van der Waals surface area contributed by atoms with Crippen LogP contribution in [0.25, 0.3) is 10.9 Å². The van der Waals surface area contributed by atoms with Crippen molar-refractivity contribution in [3.05, 3.63) is 36.3 Å². The second kappa shape index (κ2) is 3.52. The number of aryl methyl sites for hydroxylation is 1. The van der Waals surface area contributed by atoms with Gasteiger partial charge >= 0.3 is 0 Å². The predicted molar refractivity (Wildman–Crippen MR) is 64.0 cm³/mol. The van der Waals surface area contributed by atoms with Gasteiger partial charge in [0.05, 0.1) is 5.52 Å². The molecule has 0 radical (unpaired) electrons. The summed E-state index contributed by atoms with van der Waals surface area (Å²) in [6.07, 6.45) is 10.0. The number of pyridine rings is 2. The minimum absolute atomic E-state index is 0.129. The molecule has 1 fully saturated rings. The maximum Gasteiger partial charge on any atom is 0.0732 e. The average Bonchev–Trinajstić information content (AvgIpc) is 3.05. The molecule has 1 aliphatic carbocycles. The van der Waals surface area contributed by atoms with E-state index >= 15 is 0 Å². The highest BCUT2D eigenvalue weighted by atomic mass is 14.8. The molecule has 0 saturated heterocycles. The lowest BCUT2D eigenvalue weighted by Gasteiger charge is -2.08. The topological polar surface area (TPSA) is 51.8 Å².